The lowest BCUT2D eigenvalue weighted by Crippen LogP contribution is -2.23. The van der Waals surface area contributed by atoms with Crippen LogP contribution in [-0.4, -0.2) is 27.7 Å². The largest absolute Gasteiger partial charge is 0.497 e. The van der Waals surface area contributed by atoms with Crippen molar-refractivity contribution in [3.05, 3.63) is 58.8 Å². The van der Waals surface area contributed by atoms with E-state index in [4.69, 9.17) is 9.26 Å². The molecule has 9 heteroatoms. The fourth-order valence-electron chi connectivity index (χ4n) is 2.85. The summed E-state index contributed by atoms with van der Waals surface area (Å²) >= 11 is 1.38. The fourth-order valence-corrected chi connectivity index (χ4v) is 3.92. The molecule has 148 valence electrons. The van der Waals surface area contributed by atoms with Gasteiger partial charge in [0, 0.05) is 23.9 Å². The third kappa shape index (κ3) is 4.04. The van der Waals surface area contributed by atoms with Crippen molar-refractivity contribution in [3.63, 3.8) is 0 Å². The summed E-state index contributed by atoms with van der Waals surface area (Å²) in [5.74, 6) is 1.48. The molecular formula is C20H18N4O4S. The van der Waals surface area contributed by atoms with Crippen molar-refractivity contribution in [1.82, 2.24) is 14.7 Å². The van der Waals surface area contributed by atoms with Gasteiger partial charge in [-0.05, 0) is 42.8 Å². The summed E-state index contributed by atoms with van der Waals surface area (Å²) < 4.78 is 12.1. The van der Waals surface area contributed by atoms with Crippen LogP contribution in [0.4, 0.5) is 5.82 Å². The maximum Gasteiger partial charge on any atom is 0.271 e. The molecule has 1 amide bonds. The Balaban J connectivity index is 1.51. The van der Waals surface area contributed by atoms with Gasteiger partial charge in [-0.2, -0.15) is 0 Å². The second kappa shape index (κ2) is 7.88. The minimum atomic E-state index is -0.254. The van der Waals surface area contributed by atoms with Crippen LogP contribution < -0.4 is 15.6 Å². The average molecular weight is 410 g/mol. The molecule has 0 atom stereocenters. The molecule has 4 rings (SSSR count). The van der Waals surface area contributed by atoms with Gasteiger partial charge in [-0.1, -0.05) is 5.16 Å². The third-order valence-corrected chi connectivity index (χ3v) is 5.51. The summed E-state index contributed by atoms with van der Waals surface area (Å²) in [6.45, 7) is 1.96. The molecule has 29 heavy (non-hydrogen) atoms. The highest BCUT2D eigenvalue weighted by Crippen LogP contribution is 2.31. The Hall–Kier alpha value is -3.46. The van der Waals surface area contributed by atoms with Crippen LogP contribution in [0.2, 0.25) is 0 Å². The molecule has 8 nitrogen and oxygen atoms in total. The molecule has 0 radical (unpaired) electrons. The second-order valence-corrected chi connectivity index (χ2v) is 7.47. The van der Waals surface area contributed by atoms with Gasteiger partial charge in [0.05, 0.1) is 19.0 Å². The van der Waals surface area contributed by atoms with Gasteiger partial charge in [0.25, 0.3) is 5.56 Å². The maximum absolute atomic E-state index is 12.8. The first kappa shape index (κ1) is 18.9. The van der Waals surface area contributed by atoms with Crippen LogP contribution in [0.15, 0.2) is 52.0 Å². The van der Waals surface area contributed by atoms with Crippen molar-refractivity contribution in [3.8, 4) is 16.2 Å². The minimum Gasteiger partial charge on any atom is -0.497 e. The number of nitrogens with one attached hydrogen (secondary N) is 1. The Morgan fingerprint density at radius 1 is 1.28 bits per heavy atom. The van der Waals surface area contributed by atoms with Gasteiger partial charge in [0.2, 0.25) is 5.91 Å². The first-order valence-electron chi connectivity index (χ1n) is 8.90. The summed E-state index contributed by atoms with van der Waals surface area (Å²) in [5, 5.41) is 6.35. The van der Waals surface area contributed by atoms with Gasteiger partial charge in [-0.25, -0.2) is 4.98 Å². The zero-order valence-corrected chi connectivity index (χ0v) is 16.7. The summed E-state index contributed by atoms with van der Waals surface area (Å²) in [5.41, 5.74) is 1.47. The van der Waals surface area contributed by atoms with Crippen LogP contribution in [-0.2, 0) is 11.3 Å². The van der Waals surface area contributed by atoms with Crippen molar-refractivity contribution in [2.75, 3.05) is 12.4 Å². The molecule has 3 aromatic heterocycles. The molecule has 1 aromatic carbocycles. The quantitative estimate of drug-likeness (QED) is 0.523. The zero-order chi connectivity index (χ0) is 20.4. The third-order valence-electron chi connectivity index (χ3n) is 4.35. The minimum absolute atomic E-state index is 0.121. The molecule has 0 saturated heterocycles. The number of aromatic nitrogens is 3. The van der Waals surface area contributed by atoms with Crippen LogP contribution in [0.5, 0.6) is 5.75 Å². The number of rotatable bonds is 6. The standard InChI is InChI=1S/C20H18N4O4S/c1-12-9-17(23-28-12)22-18(25)7-8-24-11-21-15-10-16(29-19(15)20(24)26)13-3-5-14(27-2)6-4-13/h3-6,9-11H,7-8H2,1-2H3,(H,22,23,25). The molecule has 0 unspecified atom stereocenters. The molecule has 0 aliphatic carbocycles. The maximum atomic E-state index is 12.8. The molecular weight excluding hydrogens is 392 g/mol. The number of benzene rings is 1. The topological polar surface area (TPSA) is 99.2 Å². The first-order valence-corrected chi connectivity index (χ1v) is 9.72. The monoisotopic (exact) mass is 410 g/mol. The van der Waals surface area contributed by atoms with E-state index < -0.39 is 0 Å². The highest BCUT2D eigenvalue weighted by atomic mass is 32.1. The van der Waals surface area contributed by atoms with Crippen molar-refractivity contribution < 1.29 is 14.1 Å². The molecule has 0 bridgehead atoms. The van der Waals surface area contributed by atoms with Crippen LogP contribution in [0, 0.1) is 6.92 Å². The van der Waals surface area contributed by atoms with Gasteiger partial charge in [0.1, 0.15) is 16.2 Å². The number of ether oxygens (including phenoxy) is 1. The summed E-state index contributed by atoms with van der Waals surface area (Å²) in [6.07, 6.45) is 1.60. The number of methoxy groups -OCH3 is 1. The number of fused-ring (bicyclic) bond motifs is 1. The van der Waals surface area contributed by atoms with Crippen LogP contribution >= 0.6 is 11.3 Å². The molecule has 4 aromatic rings. The van der Waals surface area contributed by atoms with E-state index >= 15 is 0 Å². The van der Waals surface area contributed by atoms with E-state index in [9.17, 15) is 9.59 Å². The zero-order valence-electron chi connectivity index (χ0n) is 15.8. The van der Waals surface area contributed by atoms with Crippen molar-refractivity contribution >= 4 is 33.3 Å². The first-order chi connectivity index (χ1) is 14.0. The molecule has 0 saturated carbocycles. The number of hydrogen-bond donors (Lipinski definition) is 1. The van der Waals surface area contributed by atoms with Crippen molar-refractivity contribution in [2.45, 2.75) is 19.9 Å². The lowest BCUT2D eigenvalue weighted by molar-refractivity contribution is -0.116. The Labute approximate surface area is 169 Å². The number of nitrogens with zero attached hydrogens (tertiary/aromatic N) is 3. The Morgan fingerprint density at radius 2 is 2.07 bits per heavy atom. The molecule has 0 spiro atoms. The molecule has 0 fully saturated rings. The van der Waals surface area contributed by atoms with Gasteiger partial charge in [-0.15, -0.1) is 11.3 Å². The van der Waals surface area contributed by atoms with E-state index in [1.807, 2.05) is 30.3 Å². The SMILES string of the molecule is COc1ccc(-c2cc3ncn(CCC(=O)Nc4cc(C)on4)c(=O)c3s2)cc1. The Kier molecular flexibility index (Phi) is 5.13. The van der Waals surface area contributed by atoms with Gasteiger partial charge in [-0.3, -0.25) is 14.2 Å². The molecule has 0 aliphatic heterocycles. The molecule has 0 aliphatic rings. The molecule has 3 heterocycles. The van der Waals surface area contributed by atoms with E-state index in [2.05, 4.69) is 15.5 Å². The number of amides is 1. The summed E-state index contributed by atoms with van der Waals surface area (Å²) in [4.78, 5) is 30.2. The highest BCUT2D eigenvalue weighted by Gasteiger charge is 2.12. The highest BCUT2D eigenvalue weighted by molar-refractivity contribution is 7.22. The smallest absolute Gasteiger partial charge is 0.271 e. The number of carbonyl (C=O) groups excluding carboxylic acids is 1. The lowest BCUT2D eigenvalue weighted by atomic mass is 10.2. The van der Waals surface area contributed by atoms with E-state index in [0.29, 0.717) is 21.8 Å². The van der Waals surface area contributed by atoms with Crippen molar-refractivity contribution in [1.29, 1.82) is 0 Å². The second-order valence-electron chi connectivity index (χ2n) is 6.42. The fraction of sp³-hybridized carbons (Fsp3) is 0.200. The van der Waals surface area contributed by atoms with Gasteiger partial charge in [0.15, 0.2) is 5.82 Å². The number of aryl methyl sites for hydroxylation is 2. The Bertz CT molecular complexity index is 1220. The average Bonchev–Trinajstić information content (AvgIpc) is 3.34. The summed E-state index contributed by atoms with van der Waals surface area (Å²) in [6, 6.07) is 11.2. The summed E-state index contributed by atoms with van der Waals surface area (Å²) in [7, 11) is 1.62. The van der Waals surface area contributed by atoms with Crippen molar-refractivity contribution in [2.24, 2.45) is 0 Å². The van der Waals surface area contributed by atoms with Gasteiger partial charge < -0.3 is 14.6 Å². The number of thiophene rings is 1. The number of carbonyl (C=O) groups is 1. The molecule has 1 N–H and O–H groups in total. The van der Waals surface area contributed by atoms with E-state index in [-0.39, 0.29) is 24.4 Å². The van der Waals surface area contributed by atoms with Crippen LogP contribution in [0.1, 0.15) is 12.2 Å². The van der Waals surface area contributed by atoms with E-state index in [1.165, 1.54) is 22.2 Å². The number of hydrogen-bond acceptors (Lipinski definition) is 7. The normalized spacial score (nSPS) is 11.0. The van der Waals surface area contributed by atoms with Crippen LogP contribution in [0.25, 0.3) is 20.7 Å². The predicted molar refractivity (Wildman–Crippen MR) is 110 cm³/mol. The van der Waals surface area contributed by atoms with Gasteiger partial charge >= 0.3 is 0 Å². The predicted octanol–water partition coefficient (Wildman–Crippen LogP) is 3.46. The van der Waals surface area contributed by atoms with Crippen LogP contribution in [0.3, 0.4) is 0 Å². The Morgan fingerprint density at radius 3 is 2.76 bits per heavy atom. The number of anilines is 1. The van der Waals surface area contributed by atoms with E-state index in [1.54, 1.807) is 20.1 Å². The van der Waals surface area contributed by atoms with E-state index in [0.717, 1.165) is 16.2 Å². The lowest BCUT2D eigenvalue weighted by Gasteiger charge is -2.04.